The van der Waals surface area contributed by atoms with Crippen LogP contribution < -0.4 is 14.8 Å². The minimum absolute atomic E-state index is 0.233. The highest BCUT2D eigenvalue weighted by Gasteiger charge is 2.35. The Morgan fingerprint density at radius 2 is 1.83 bits per heavy atom. The standard InChI is InChI=1S/C21H24F3NO4/c1-5-14-11-16(21(22,23)24)19(10-13(14)3)29-12-15-17(25-20(26)27-4)8-7-9-18(15)28-6-2/h7-11H,5-6,12H2,1-4H3,(H,25,26). The second-order valence-corrected chi connectivity index (χ2v) is 6.25. The minimum Gasteiger partial charge on any atom is -0.493 e. The van der Waals surface area contributed by atoms with Gasteiger partial charge in [-0.3, -0.25) is 5.32 Å². The summed E-state index contributed by atoms with van der Waals surface area (Å²) in [6.45, 7) is 5.42. The monoisotopic (exact) mass is 411 g/mol. The van der Waals surface area contributed by atoms with Gasteiger partial charge in [-0.1, -0.05) is 13.0 Å². The van der Waals surface area contributed by atoms with Crippen LogP contribution in [0.1, 0.15) is 36.1 Å². The van der Waals surface area contributed by atoms with E-state index in [4.69, 9.17) is 9.47 Å². The third-order valence-electron chi connectivity index (χ3n) is 4.35. The second-order valence-electron chi connectivity index (χ2n) is 6.25. The minimum atomic E-state index is -4.56. The molecule has 0 fully saturated rings. The van der Waals surface area contributed by atoms with Crippen LogP contribution in [0.15, 0.2) is 30.3 Å². The fourth-order valence-electron chi connectivity index (χ4n) is 2.88. The lowest BCUT2D eigenvalue weighted by molar-refractivity contribution is -0.139. The molecule has 0 atom stereocenters. The van der Waals surface area contributed by atoms with Crippen molar-refractivity contribution in [1.82, 2.24) is 0 Å². The van der Waals surface area contributed by atoms with Crippen molar-refractivity contribution in [2.45, 2.75) is 40.0 Å². The molecule has 0 radical (unpaired) electrons. The molecule has 0 aliphatic carbocycles. The summed E-state index contributed by atoms with van der Waals surface area (Å²) in [7, 11) is 1.21. The number of carbonyl (C=O) groups is 1. The fraction of sp³-hybridized carbons (Fsp3) is 0.381. The topological polar surface area (TPSA) is 56.8 Å². The number of anilines is 1. The molecule has 5 nitrogen and oxygen atoms in total. The summed E-state index contributed by atoms with van der Waals surface area (Å²) in [5.74, 6) is 0.124. The number of methoxy groups -OCH3 is 1. The number of hydrogen-bond donors (Lipinski definition) is 1. The molecule has 29 heavy (non-hydrogen) atoms. The van der Waals surface area contributed by atoms with Crippen LogP contribution in [0.4, 0.5) is 23.7 Å². The van der Waals surface area contributed by atoms with Gasteiger partial charge in [0.25, 0.3) is 0 Å². The fourth-order valence-corrected chi connectivity index (χ4v) is 2.88. The molecule has 0 aromatic heterocycles. The summed E-state index contributed by atoms with van der Waals surface area (Å²) in [6, 6.07) is 7.40. The zero-order valence-corrected chi connectivity index (χ0v) is 16.8. The average molecular weight is 411 g/mol. The average Bonchev–Trinajstić information content (AvgIpc) is 2.66. The smallest absolute Gasteiger partial charge is 0.419 e. The van der Waals surface area contributed by atoms with Gasteiger partial charge in [0.1, 0.15) is 18.1 Å². The number of rotatable bonds is 7. The van der Waals surface area contributed by atoms with Gasteiger partial charge in [0.15, 0.2) is 0 Å². The summed E-state index contributed by atoms with van der Waals surface area (Å²) in [5, 5.41) is 2.53. The molecule has 8 heteroatoms. The van der Waals surface area contributed by atoms with Gasteiger partial charge in [0.05, 0.1) is 30.5 Å². The quantitative estimate of drug-likeness (QED) is 0.632. The molecule has 2 rings (SSSR count). The molecule has 0 spiro atoms. The van der Waals surface area contributed by atoms with Crippen molar-refractivity contribution in [1.29, 1.82) is 0 Å². The van der Waals surface area contributed by atoms with E-state index in [-0.39, 0.29) is 12.4 Å². The Morgan fingerprint density at radius 3 is 2.41 bits per heavy atom. The summed E-state index contributed by atoms with van der Waals surface area (Å²) in [4.78, 5) is 11.6. The molecule has 1 amide bonds. The van der Waals surface area contributed by atoms with Crippen molar-refractivity contribution in [3.8, 4) is 11.5 Å². The number of amides is 1. The molecule has 1 N–H and O–H groups in total. The van der Waals surface area contributed by atoms with E-state index in [9.17, 15) is 18.0 Å². The maximum atomic E-state index is 13.5. The normalized spacial score (nSPS) is 11.1. The number of aryl methyl sites for hydroxylation is 2. The number of carbonyl (C=O) groups excluding carboxylic acids is 1. The first-order valence-corrected chi connectivity index (χ1v) is 9.14. The van der Waals surface area contributed by atoms with Gasteiger partial charge < -0.3 is 14.2 Å². The first kappa shape index (κ1) is 22.4. The summed E-state index contributed by atoms with van der Waals surface area (Å²) in [6.07, 6.45) is -4.78. The van der Waals surface area contributed by atoms with Crippen LogP contribution in [0.25, 0.3) is 0 Å². The molecule has 0 saturated carbocycles. The number of halogens is 3. The van der Waals surface area contributed by atoms with Gasteiger partial charge in [-0.05, 0) is 55.7 Å². The van der Waals surface area contributed by atoms with Gasteiger partial charge >= 0.3 is 12.3 Å². The lowest BCUT2D eigenvalue weighted by atomic mass is 10.0. The van der Waals surface area contributed by atoms with E-state index in [1.165, 1.54) is 13.2 Å². The van der Waals surface area contributed by atoms with Crippen molar-refractivity contribution in [3.63, 3.8) is 0 Å². The van der Waals surface area contributed by atoms with Crippen molar-refractivity contribution in [3.05, 3.63) is 52.6 Å². The van der Waals surface area contributed by atoms with Crippen molar-refractivity contribution >= 4 is 11.8 Å². The van der Waals surface area contributed by atoms with E-state index in [1.807, 2.05) is 0 Å². The number of nitrogens with one attached hydrogen (secondary N) is 1. The van der Waals surface area contributed by atoms with E-state index in [0.29, 0.717) is 41.2 Å². The molecule has 0 aliphatic rings. The van der Waals surface area contributed by atoms with Gasteiger partial charge in [0, 0.05) is 0 Å². The first-order chi connectivity index (χ1) is 13.7. The highest BCUT2D eigenvalue weighted by atomic mass is 19.4. The Bertz CT molecular complexity index is 866. The molecule has 0 aliphatic heterocycles. The number of benzene rings is 2. The van der Waals surface area contributed by atoms with E-state index < -0.39 is 17.8 Å². The van der Waals surface area contributed by atoms with Crippen molar-refractivity contribution in [2.75, 3.05) is 19.0 Å². The predicted octanol–water partition coefficient (Wildman–Crippen LogP) is 5.73. The molecule has 2 aromatic carbocycles. The molecule has 0 saturated heterocycles. The van der Waals surface area contributed by atoms with Gasteiger partial charge in [-0.25, -0.2) is 4.79 Å². The van der Waals surface area contributed by atoms with Crippen molar-refractivity contribution in [2.24, 2.45) is 0 Å². The molecule has 2 aromatic rings. The zero-order chi connectivity index (χ0) is 21.6. The van der Waals surface area contributed by atoms with Crippen LogP contribution in [-0.2, 0) is 23.9 Å². The Kier molecular flexibility index (Phi) is 7.36. The summed E-state index contributed by atoms with van der Waals surface area (Å²) >= 11 is 0. The molecular formula is C21H24F3NO4. The first-order valence-electron chi connectivity index (χ1n) is 9.14. The van der Waals surface area contributed by atoms with Gasteiger partial charge in [-0.2, -0.15) is 13.2 Å². The highest BCUT2D eigenvalue weighted by molar-refractivity contribution is 5.86. The Hall–Kier alpha value is -2.90. The van der Waals surface area contributed by atoms with Gasteiger partial charge in [0.2, 0.25) is 0 Å². The number of hydrogen-bond acceptors (Lipinski definition) is 4. The van der Waals surface area contributed by atoms with Crippen LogP contribution in [0, 0.1) is 6.92 Å². The van der Waals surface area contributed by atoms with Crippen LogP contribution in [-0.4, -0.2) is 19.8 Å². The molecule has 0 heterocycles. The molecule has 158 valence electrons. The largest absolute Gasteiger partial charge is 0.493 e. The van der Waals surface area contributed by atoms with E-state index in [1.54, 1.807) is 39.0 Å². The Morgan fingerprint density at radius 1 is 1.10 bits per heavy atom. The van der Waals surface area contributed by atoms with Crippen LogP contribution in [0.3, 0.4) is 0 Å². The summed E-state index contributed by atoms with van der Waals surface area (Å²) < 4.78 is 56.3. The van der Waals surface area contributed by atoms with Crippen LogP contribution >= 0.6 is 0 Å². The van der Waals surface area contributed by atoms with Crippen LogP contribution in [0.5, 0.6) is 11.5 Å². The van der Waals surface area contributed by atoms with Gasteiger partial charge in [-0.15, -0.1) is 0 Å². The zero-order valence-electron chi connectivity index (χ0n) is 16.8. The third kappa shape index (κ3) is 5.56. The third-order valence-corrected chi connectivity index (χ3v) is 4.35. The second kappa shape index (κ2) is 9.54. The number of ether oxygens (including phenoxy) is 3. The van der Waals surface area contributed by atoms with E-state index in [0.717, 1.165) is 6.07 Å². The Labute approximate surface area is 167 Å². The van der Waals surface area contributed by atoms with E-state index in [2.05, 4.69) is 10.1 Å². The molecular weight excluding hydrogens is 387 g/mol. The van der Waals surface area contributed by atoms with Crippen LogP contribution in [0.2, 0.25) is 0 Å². The lowest BCUT2D eigenvalue weighted by Crippen LogP contribution is -2.15. The number of alkyl halides is 3. The molecule has 0 bridgehead atoms. The lowest BCUT2D eigenvalue weighted by Gasteiger charge is -2.19. The maximum Gasteiger partial charge on any atom is 0.419 e. The highest BCUT2D eigenvalue weighted by Crippen LogP contribution is 2.39. The predicted molar refractivity (Wildman–Crippen MR) is 104 cm³/mol. The SMILES string of the molecule is CCOc1cccc(NC(=O)OC)c1COc1cc(C)c(CC)cc1C(F)(F)F. The Balaban J connectivity index is 2.42. The van der Waals surface area contributed by atoms with E-state index >= 15 is 0 Å². The van der Waals surface area contributed by atoms with Crippen molar-refractivity contribution < 1.29 is 32.2 Å². The molecule has 0 unspecified atom stereocenters. The summed E-state index contributed by atoms with van der Waals surface area (Å²) in [5.41, 5.74) is 1.22. The maximum absolute atomic E-state index is 13.5.